The molecule has 0 atom stereocenters. The van der Waals surface area contributed by atoms with Gasteiger partial charge >= 0.3 is 0 Å². The van der Waals surface area contributed by atoms with Gasteiger partial charge in [0.05, 0.1) is 10.4 Å². The highest BCUT2D eigenvalue weighted by atomic mass is 32.2. The molecule has 0 amide bonds. The topological polar surface area (TPSA) is 12.9 Å². The summed E-state index contributed by atoms with van der Waals surface area (Å²) in [7, 11) is 0. The number of hydrogen-bond acceptors (Lipinski definition) is 3. The molecule has 2 aromatic rings. The molecule has 1 nitrogen and oxygen atoms in total. The van der Waals surface area contributed by atoms with E-state index in [0.29, 0.717) is 10.6 Å². The molecule has 4 heteroatoms. The van der Waals surface area contributed by atoms with Crippen molar-refractivity contribution in [1.82, 2.24) is 4.98 Å². The maximum absolute atomic E-state index is 13.2. The monoisotopic (exact) mass is 241 g/mol. The van der Waals surface area contributed by atoms with Crippen LogP contribution in [0.4, 0.5) is 4.39 Å². The van der Waals surface area contributed by atoms with E-state index in [-0.39, 0.29) is 5.82 Å². The van der Waals surface area contributed by atoms with Crippen molar-refractivity contribution in [1.29, 1.82) is 0 Å². The van der Waals surface area contributed by atoms with E-state index in [1.54, 1.807) is 24.4 Å². The molecule has 0 N–H and O–H groups in total. The quantitative estimate of drug-likeness (QED) is 0.736. The Labute approximate surface area is 98.4 Å². The smallest absolute Gasteiger partial charge is 0.133 e. The van der Waals surface area contributed by atoms with Gasteiger partial charge < -0.3 is 0 Å². The van der Waals surface area contributed by atoms with Crippen molar-refractivity contribution in [2.45, 2.75) is 18.1 Å². The minimum absolute atomic E-state index is 0.245. The first-order valence-corrected chi connectivity index (χ1v) is 5.93. The summed E-state index contributed by atoms with van der Waals surface area (Å²) >= 11 is 5.49. The summed E-state index contributed by atoms with van der Waals surface area (Å²) < 4.78 is 14.0. The van der Waals surface area contributed by atoms with Gasteiger partial charge in [0.2, 0.25) is 0 Å². The van der Waals surface area contributed by atoms with E-state index < -0.39 is 0 Å². The molecule has 0 aliphatic carbocycles. The van der Waals surface area contributed by atoms with E-state index in [2.05, 4.69) is 17.6 Å². The first-order valence-electron chi connectivity index (χ1n) is 4.67. The highest BCUT2D eigenvalue weighted by Gasteiger charge is 2.06. The van der Waals surface area contributed by atoms with E-state index in [1.807, 2.05) is 13.8 Å². The second-order valence-corrected chi connectivity index (χ2v) is 4.30. The number of benzene rings is 1. The molecule has 0 aliphatic rings. The average molecular weight is 241 g/mol. The van der Waals surface area contributed by atoms with Crippen molar-refractivity contribution in [3.8, 4) is 10.6 Å². The molecule has 0 spiro atoms. The molecule has 0 bridgehead atoms. The summed E-state index contributed by atoms with van der Waals surface area (Å²) in [5.41, 5.74) is 0.535. The average Bonchev–Trinajstić information content (AvgIpc) is 2.68. The molecule has 1 heterocycles. The summed E-state index contributed by atoms with van der Waals surface area (Å²) in [5, 5.41) is 0.670. The second kappa shape index (κ2) is 5.88. The molecule has 0 saturated carbocycles. The number of halogens is 1. The SMILES string of the molecule is CC.Fc1ccccc1-c1ncc(S)s1. The Morgan fingerprint density at radius 3 is 2.47 bits per heavy atom. The molecule has 15 heavy (non-hydrogen) atoms. The molecular weight excluding hydrogens is 229 g/mol. The fourth-order valence-corrected chi connectivity index (χ4v) is 2.03. The first kappa shape index (κ1) is 12.2. The molecule has 0 radical (unpaired) electrons. The number of thiazole rings is 1. The third-order valence-electron chi connectivity index (χ3n) is 1.60. The lowest BCUT2D eigenvalue weighted by molar-refractivity contribution is 0.631. The number of aromatic nitrogens is 1. The van der Waals surface area contributed by atoms with Gasteiger partial charge in [0.15, 0.2) is 0 Å². The molecule has 2 rings (SSSR count). The van der Waals surface area contributed by atoms with Crippen LogP contribution in [0.5, 0.6) is 0 Å². The van der Waals surface area contributed by atoms with Crippen LogP contribution in [0.2, 0.25) is 0 Å². The van der Waals surface area contributed by atoms with E-state index >= 15 is 0 Å². The fourth-order valence-electron chi connectivity index (χ4n) is 1.02. The molecule has 0 aliphatic heterocycles. The molecule has 0 unspecified atom stereocenters. The normalized spacial score (nSPS) is 9.33. The van der Waals surface area contributed by atoms with Gasteiger partial charge in [0, 0.05) is 5.56 Å². The lowest BCUT2D eigenvalue weighted by Gasteiger charge is -1.96. The highest BCUT2D eigenvalue weighted by molar-refractivity contribution is 7.83. The maximum Gasteiger partial charge on any atom is 0.133 e. The predicted octanol–water partition coefficient (Wildman–Crippen LogP) is 4.26. The Kier molecular flexibility index (Phi) is 4.78. The van der Waals surface area contributed by atoms with Gasteiger partial charge in [0.25, 0.3) is 0 Å². The Bertz CT molecular complexity index is 426. The Morgan fingerprint density at radius 1 is 1.27 bits per heavy atom. The number of rotatable bonds is 1. The van der Waals surface area contributed by atoms with Crippen LogP contribution in [0.25, 0.3) is 10.6 Å². The fraction of sp³-hybridized carbons (Fsp3) is 0.182. The lowest BCUT2D eigenvalue weighted by atomic mass is 10.2. The van der Waals surface area contributed by atoms with Crippen LogP contribution in [0.1, 0.15) is 13.8 Å². The van der Waals surface area contributed by atoms with Gasteiger partial charge in [0.1, 0.15) is 10.8 Å². The van der Waals surface area contributed by atoms with Gasteiger partial charge in [-0.1, -0.05) is 26.0 Å². The zero-order chi connectivity index (χ0) is 11.3. The van der Waals surface area contributed by atoms with Gasteiger partial charge in [-0.05, 0) is 12.1 Å². The van der Waals surface area contributed by atoms with Crippen LogP contribution in [-0.4, -0.2) is 4.98 Å². The first-order chi connectivity index (χ1) is 7.27. The standard InChI is InChI=1S/C9H6FNS2.C2H6/c10-7-4-2-1-3-6(7)9-11-5-8(12)13-9;1-2/h1-5,12H;1-2H3. The molecule has 0 saturated heterocycles. The Morgan fingerprint density at radius 2 is 1.93 bits per heavy atom. The summed E-state index contributed by atoms with van der Waals surface area (Å²) in [4.78, 5) is 4.05. The van der Waals surface area contributed by atoms with Gasteiger partial charge in [-0.3, -0.25) is 0 Å². The molecule has 0 fully saturated rings. The van der Waals surface area contributed by atoms with Gasteiger partial charge in [-0.15, -0.1) is 24.0 Å². The zero-order valence-corrected chi connectivity index (χ0v) is 10.3. The summed E-state index contributed by atoms with van der Waals surface area (Å²) in [5.74, 6) is -0.245. The Balaban J connectivity index is 0.000000531. The van der Waals surface area contributed by atoms with Gasteiger partial charge in [-0.25, -0.2) is 9.37 Å². The van der Waals surface area contributed by atoms with Crippen molar-refractivity contribution in [3.63, 3.8) is 0 Å². The summed E-state index contributed by atoms with van der Waals surface area (Å²) in [6.07, 6.45) is 1.62. The van der Waals surface area contributed by atoms with Crippen molar-refractivity contribution < 1.29 is 4.39 Å². The van der Waals surface area contributed by atoms with Crippen LogP contribution < -0.4 is 0 Å². The summed E-state index contributed by atoms with van der Waals surface area (Å²) in [6.45, 7) is 4.00. The van der Waals surface area contributed by atoms with Crippen molar-refractivity contribution >= 4 is 24.0 Å². The third-order valence-corrected chi connectivity index (χ3v) is 2.82. The van der Waals surface area contributed by atoms with Crippen LogP contribution in [0.15, 0.2) is 34.7 Å². The second-order valence-electron chi connectivity index (χ2n) is 2.48. The van der Waals surface area contributed by atoms with Crippen molar-refractivity contribution in [2.75, 3.05) is 0 Å². The Hall–Kier alpha value is -0.870. The predicted molar refractivity (Wildman–Crippen MR) is 66.1 cm³/mol. The molecule has 1 aromatic carbocycles. The van der Waals surface area contributed by atoms with Crippen LogP contribution >= 0.6 is 24.0 Å². The maximum atomic E-state index is 13.2. The largest absolute Gasteiger partial charge is 0.243 e. The number of hydrogen-bond donors (Lipinski definition) is 1. The van der Waals surface area contributed by atoms with Crippen LogP contribution in [-0.2, 0) is 0 Å². The van der Waals surface area contributed by atoms with E-state index in [1.165, 1.54) is 17.4 Å². The molecular formula is C11H12FNS2. The van der Waals surface area contributed by atoms with Crippen molar-refractivity contribution in [2.24, 2.45) is 0 Å². The number of nitrogens with zero attached hydrogens (tertiary/aromatic N) is 1. The van der Waals surface area contributed by atoms with E-state index in [4.69, 9.17) is 0 Å². The van der Waals surface area contributed by atoms with Crippen molar-refractivity contribution in [3.05, 3.63) is 36.3 Å². The van der Waals surface area contributed by atoms with E-state index in [9.17, 15) is 4.39 Å². The number of thiol groups is 1. The van der Waals surface area contributed by atoms with Gasteiger partial charge in [-0.2, -0.15) is 0 Å². The minimum atomic E-state index is -0.245. The van der Waals surface area contributed by atoms with Crippen LogP contribution in [0.3, 0.4) is 0 Å². The van der Waals surface area contributed by atoms with E-state index in [0.717, 1.165) is 4.21 Å². The lowest BCUT2D eigenvalue weighted by Crippen LogP contribution is -1.80. The minimum Gasteiger partial charge on any atom is -0.243 e. The molecule has 80 valence electrons. The molecule has 1 aromatic heterocycles. The van der Waals surface area contributed by atoms with Crippen LogP contribution in [0, 0.1) is 5.82 Å². The zero-order valence-electron chi connectivity index (χ0n) is 8.57. The highest BCUT2D eigenvalue weighted by Crippen LogP contribution is 2.28. The third kappa shape index (κ3) is 3.04. The summed E-state index contributed by atoms with van der Waals surface area (Å²) in [6, 6.07) is 6.59.